The first kappa shape index (κ1) is 19.1. The number of rotatable bonds is 6. The zero-order valence-corrected chi connectivity index (χ0v) is 16.5. The van der Waals surface area contributed by atoms with E-state index in [1.165, 1.54) is 16.7 Å². The summed E-state index contributed by atoms with van der Waals surface area (Å²) in [7, 11) is 1.58. The lowest BCUT2D eigenvalue weighted by molar-refractivity contribution is -0.125. The van der Waals surface area contributed by atoms with Crippen molar-refractivity contribution >= 4 is 28.4 Å². The molecular formula is C19H28N2O2S2. The van der Waals surface area contributed by atoms with Gasteiger partial charge >= 0.3 is 0 Å². The Kier molecular flexibility index (Phi) is 6.72. The van der Waals surface area contributed by atoms with Crippen LogP contribution in [0.5, 0.6) is 0 Å². The van der Waals surface area contributed by atoms with Gasteiger partial charge in [-0.3, -0.25) is 9.69 Å². The first-order chi connectivity index (χ1) is 12.1. The fourth-order valence-electron chi connectivity index (χ4n) is 3.81. The molecule has 1 saturated carbocycles. The Morgan fingerprint density at radius 3 is 3.00 bits per heavy atom. The second kappa shape index (κ2) is 8.80. The smallest absolute Gasteiger partial charge is 0.223 e. The van der Waals surface area contributed by atoms with Crippen LogP contribution >= 0.6 is 22.5 Å². The average Bonchev–Trinajstić information content (AvgIpc) is 3.07. The molecule has 6 heteroatoms. The Morgan fingerprint density at radius 1 is 1.44 bits per heavy atom. The number of nitrogens with zero attached hydrogens (tertiary/aromatic N) is 1. The van der Waals surface area contributed by atoms with Gasteiger partial charge in [0.2, 0.25) is 5.91 Å². The summed E-state index contributed by atoms with van der Waals surface area (Å²) in [5.74, 6) is 0.110. The number of carbonyl (C=O) groups excluding carboxylic acids is 1. The van der Waals surface area contributed by atoms with Crippen LogP contribution < -0.4 is 5.32 Å². The zero-order valence-electron chi connectivity index (χ0n) is 14.8. The lowest BCUT2D eigenvalue weighted by Gasteiger charge is -2.29. The van der Waals surface area contributed by atoms with Crippen LogP contribution in [0.3, 0.4) is 0 Å². The summed E-state index contributed by atoms with van der Waals surface area (Å²) in [6, 6.07) is 6.78. The van der Waals surface area contributed by atoms with E-state index in [0.29, 0.717) is 18.2 Å². The Bertz CT molecular complexity index is 611. The molecule has 0 aromatic heterocycles. The van der Waals surface area contributed by atoms with E-state index in [2.05, 4.69) is 47.0 Å². The third-order valence-corrected chi connectivity index (χ3v) is 6.99. The quantitative estimate of drug-likeness (QED) is 0.525. The molecule has 1 aliphatic carbocycles. The van der Waals surface area contributed by atoms with E-state index in [-0.39, 0.29) is 17.9 Å². The van der Waals surface area contributed by atoms with Crippen LogP contribution in [0.15, 0.2) is 18.2 Å². The van der Waals surface area contributed by atoms with Crippen LogP contribution in [-0.4, -0.2) is 41.7 Å². The summed E-state index contributed by atoms with van der Waals surface area (Å²) in [4.78, 5) is 14.5. The molecule has 3 atom stereocenters. The first-order valence-corrected chi connectivity index (χ1v) is 11.1. The fourth-order valence-corrected chi connectivity index (χ4v) is 4.45. The van der Waals surface area contributed by atoms with E-state index >= 15 is 0 Å². The summed E-state index contributed by atoms with van der Waals surface area (Å²) >= 11 is 4.32. The zero-order chi connectivity index (χ0) is 17.8. The van der Waals surface area contributed by atoms with Gasteiger partial charge in [0.05, 0.1) is 6.10 Å². The van der Waals surface area contributed by atoms with E-state index in [0.717, 1.165) is 38.9 Å². The lowest BCUT2D eigenvalue weighted by atomic mass is 9.96. The number of hydrogen-bond donors (Lipinski definition) is 3. The maximum absolute atomic E-state index is 12.1. The molecule has 2 aliphatic rings. The topological polar surface area (TPSA) is 52.6 Å². The summed E-state index contributed by atoms with van der Waals surface area (Å²) in [5.41, 5.74) is 4.20. The van der Waals surface area contributed by atoms with Gasteiger partial charge in [-0.2, -0.15) is 0 Å². The standard InChI is InChI=1S/C19H28N2O2S2/c1-13(25-24)14-2-3-17-12-21(8-6-15(17)10-14)9-7-20-19(23)16-4-5-18(22)11-16/h2-3,10,13,16,18,22,24H,4-9,11-12H2,1H3,(H,20,23). The molecule has 0 saturated heterocycles. The molecule has 0 spiro atoms. The van der Waals surface area contributed by atoms with Gasteiger partial charge in [-0.1, -0.05) is 29.0 Å². The predicted molar refractivity (Wildman–Crippen MR) is 107 cm³/mol. The molecule has 4 nitrogen and oxygen atoms in total. The Labute approximate surface area is 159 Å². The maximum atomic E-state index is 12.1. The predicted octanol–water partition coefficient (Wildman–Crippen LogP) is 2.96. The molecule has 1 aliphatic heterocycles. The monoisotopic (exact) mass is 380 g/mol. The second-order valence-corrected chi connectivity index (χ2v) is 8.81. The van der Waals surface area contributed by atoms with E-state index in [1.807, 2.05) is 0 Å². The minimum absolute atomic E-state index is 0.00203. The number of benzene rings is 1. The van der Waals surface area contributed by atoms with Crippen molar-refractivity contribution in [2.45, 2.75) is 50.5 Å². The highest BCUT2D eigenvalue weighted by atomic mass is 33.1. The molecule has 0 bridgehead atoms. The van der Waals surface area contributed by atoms with E-state index in [4.69, 9.17) is 0 Å². The van der Waals surface area contributed by atoms with Crippen LogP contribution in [0.25, 0.3) is 0 Å². The molecule has 3 unspecified atom stereocenters. The molecule has 25 heavy (non-hydrogen) atoms. The van der Waals surface area contributed by atoms with Crippen molar-refractivity contribution in [3.05, 3.63) is 34.9 Å². The number of aliphatic hydroxyl groups excluding tert-OH is 1. The van der Waals surface area contributed by atoms with Gasteiger partial charge < -0.3 is 10.4 Å². The van der Waals surface area contributed by atoms with Crippen LogP contribution in [0.2, 0.25) is 0 Å². The Balaban J connectivity index is 1.46. The third kappa shape index (κ3) is 4.94. The first-order valence-electron chi connectivity index (χ1n) is 9.17. The minimum atomic E-state index is -0.289. The lowest BCUT2D eigenvalue weighted by Crippen LogP contribution is -2.39. The van der Waals surface area contributed by atoms with Crippen molar-refractivity contribution < 1.29 is 9.90 Å². The van der Waals surface area contributed by atoms with Gasteiger partial charge in [-0.25, -0.2) is 0 Å². The molecule has 1 amide bonds. The number of nitrogens with one attached hydrogen (secondary N) is 1. The van der Waals surface area contributed by atoms with Crippen molar-refractivity contribution in [3.63, 3.8) is 0 Å². The van der Waals surface area contributed by atoms with Crippen molar-refractivity contribution in [1.29, 1.82) is 0 Å². The SMILES string of the molecule is CC(SS)c1ccc2c(c1)CCN(CCNC(=O)C1CCC(O)C1)C2. The minimum Gasteiger partial charge on any atom is -0.393 e. The molecule has 0 radical (unpaired) electrons. The molecule has 1 fully saturated rings. The summed E-state index contributed by atoms with van der Waals surface area (Å²) < 4.78 is 0. The van der Waals surface area contributed by atoms with Crippen molar-refractivity contribution in [2.75, 3.05) is 19.6 Å². The van der Waals surface area contributed by atoms with Crippen molar-refractivity contribution in [3.8, 4) is 0 Å². The van der Waals surface area contributed by atoms with E-state index in [9.17, 15) is 9.90 Å². The molecule has 1 aromatic rings. The van der Waals surface area contributed by atoms with Crippen molar-refractivity contribution in [1.82, 2.24) is 10.2 Å². The summed E-state index contributed by atoms with van der Waals surface area (Å²) in [6.07, 6.45) is 2.97. The van der Waals surface area contributed by atoms with Crippen molar-refractivity contribution in [2.24, 2.45) is 5.92 Å². The molecule has 2 N–H and O–H groups in total. The molecule has 1 heterocycles. The number of fused-ring (bicyclic) bond motifs is 1. The number of aliphatic hydroxyl groups is 1. The van der Waals surface area contributed by atoms with Crippen LogP contribution in [0, 0.1) is 5.92 Å². The molecular weight excluding hydrogens is 352 g/mol. The number of carbonyl (C=O) groups is 1. The normalized spacial score (nSPS) is 24.8. The summed E-state index contributed by atoms with van der Waals surface area (Å²) in [6.45, 7) is 5.74. The largest absolute Gasteiger partial charge is 0.393 e. The van der Waals surface area contributed by atoms with Crippen LogP contribution in [-0.2, 0) is 17.8 Å². The van der Waals surface area contributed by atoms with E-state index < -0.39 is 0 Å². The van der Waals surface area contributed by atoms with Crippen LogP contribution in [0.4, 0.5) is 0 Å². The number of thiol groups is 1. The molecule has 3 rings (SSSR count). The van der Waals surface area contributed by atoms with Gasteiger partial charge in [0.25, 0.3) is 0 Å². The third-order valence-electron chi connectivity index (χ3n) is 5.45. The highest BCUT2D eigenvalue weighted by Crippen LogP contribution is 2.32. The number of hydrogen-bond acceptors (Lipinski definition) is 5. The molecule has 1 aromatic carbocycles. The average molecular weight is 381 g/mol. The van der Waals surface area contributed by atoms with Gasteiger partial charge in [0.1, 0.15) is 0 Å². The summed E-state index contributed by atoms with van der Waals surface area (Å²) in [5, 5.41) is 13.0. The number of amides is 1. The van der Waals surface area contributed by atoms with Gasteiger partial charge in [-0.15, -0.1) is 11.7 Å². The highest BCUT2D eigenvalue weighted by molar-refractivity contribution is 8.68. The highest BCUT2D eigenvalue weighted by Gasteiger charge is 2.28. The second-order valence-electron chi connectivity index (χ2n) is 7.26. The van der Waals surface area contributed by atoms with E-state index in [1.54, 1.807) is 10.8 Å². The van der Waals surface area contributed by atoms with Gasteiger partial charge in [0.15, 0.2) is 0 Å². The Morgan fingerprint density at radius 2 is 2.28 bits per heavy atom. The molecule has 138 valence electrons. The maximum Gasteiger partial charge on any atom is 0.223 e. The van der Waals surface area contributed by atoms with Gasteiger partial charge in [0, 0.05) is 37.3 Å². The fraction of sp³-hybridized carbons (Fsp3) is 0.632. The Hall–Kier alpha value is -0.690. The van der Waals surface area contributed by atoms with Gasteiger partial charge in [-0.05, 0) is 49.3 Å². The van der Waals surface area contributed by atoms with Crippen LogP contribution in [0.1, 0.15) is 48.1 Å².